The molecule has 2 aromatic carbocycles. The van der Waals surface area contributed by atoms with Crippen LogP contribution >= 0.6 is 12.2 Å². The number of aryl methyl sites for hydroxylation is 1. The van der Waals surface area contributed by atoms with Crippen LogP contribution in [0.5, 0.6) is 5.75 Å². The lowest BCUT2D eigenvalue weighted by Gasteiger charge is -2.09. The molecule has 0 atom stereocenters. The second kappa shape index (κ2) is 5.96. The highest BCUT2D eigenvalue weighted by atomic mass is 32.1. The second-order valence-electron chi connectivity index (χ2n) is 4.37. The highest BCUT2D eigenvalue weighted by Crippen LogP contribution is 2.18. The molecule has 104 valence electrons. The molecule has 0 bridgehead atoms. The van der Waals surface area contributed by atoms with Gasteiger partial charge in [-0.15, -0.1) is 0 Å². The molecule has 5 heteroatoms. The third-order valence-electron chi connectivity index (χ3n) is 2.88. The number of thiocarbonyl (C=S) groups is 1. The van der Waals surface area contributed by atoms with E-state index in [4.69, 9.17) is 22.7 Å². The highest BCUT2D eigenvalue weighted by molar-refractivity contribution is 7.80. The van der Waals surface area contributed by atoms with Gasteiger partial charge in [-0.1, -0.05) is 30.4 Å². The Morgan fingerprint density at radius 3 is 2.50 bits per heavy atom. The lowest BCUT2D eigenvalue weighted by Crippen LogP contribution is -2.10. The van der Waals surface area contributed by atoms with Crippen LogP contribution in [0.4, 0.5) is 8.78 Å². The van der Waals surface area contributed by atoms with Crippen molar-refractivity contribution in [1.82, 2.24) is 0 Å². The Balaban J connectivity index is 2.10. The van der Waals surface area contributed by atoms with Gasteiger partial charge < -0.3 is 10.5 Å². The molecule has 0 aliphatic rings. The van der Waals surface area contributed by atoms with Gasteiger partial charge in [0, 0.05) is 17.2 Å². The van der Waals surface area contributed by atoms with E-state index in [9.17, 15) is 8.78 Å². The third kappa shape index (κ3) is 3.30. The largest absolute Gasteiger partial charge is 0.489 e. The van der Waals surface area contributed by atoms with Crippen LogP contribution in [0.1, 0.15) is 16.7 Å². The Kier molecular flexibility index (Phi) is 4.29. The van der Waals surface area contributed by atoms with Gasteiger partial charge >= 0.3 is 0 Å². The number of benzene rings is 2. The van der Waals surface area contributed by atoms with E-state index in [1.165, 1.54) is 12.1 Å². The fourth-order valence-corrected chi connectivity index (χ4v) is 1.77. The van der Waals surface area contributed by atoms with Crippen LogP contribution in [0.3, 0.4) is 0 Å². The smallest absolute Gasteiger partial charge is 0.130 e. The summed E-state index contributed by atoms with van der Waals surface area (Å²) < 4.78 is 32.5. The average Bonchev–Trinajstić information content (AvgIpc) is 2.41. The SMILES string of the molecule is Cc1ccc(OCc2ccc(C(N)=S)cc2F)cc1F. The summed E-state index contributed by atoms with van der Waals surface area (Å²) in [6.07, 6.45) is 0. The average molecular weight is 293 g/mol. The molecule has 2 nitrogen and oxygen atoms in total. The van der Waals surface area contributed by atoms with E-state index in [1.807, 2.05) is 0 Å². The molecular formula is C15H13F2NOS. The first-order chi connectivity index (χ1) is 9.47. The quantitative estimate of drug-likeness (QED) is 0.877. The van der Waals surface area contributed by atoms with Crippen molar-refractivity contribution in [2.45, 2.75) is 13.5 Å². The number of hydrogen-bond donors (Lipinski definition) is 1. The Bertz CT molecular complexity index is 658. The molecule has 0 amide bonds. The molecule has 0 aliphatic heterocycles. The van der Waals surface area contributed by atoms with E-state index in [0.717, 1.165) is 0 Å². The van der Waals surface area contributed by atoms with Crippen molar-refractivity contribution in [3.63, 3.8) is 0 Å². The first-order valence-electron chi connectivity index (χ1n) is 5.94. The number of rotatable bonds is 4. The molecule has 2 aromatic rings. The van der Waals surface area contributed by atoms with E-state index in [0.29, 0.717) is 22.4 Å². The van der Waals surface area contributed by atoms with Crippen molar-refractivity contribution in [2.24, 2.45) is 5.73 Å². The molecule has 0 fully saturated rings. The summed E-state index contributed by atoms with van der Waals surface area (Å²) in [7, 11) is 0. The van der Waals surface area contributed by atoms with Gasteiger partial charge in [-0.2, -0.15) is 0 Å². The van der Waals surface area contributed by atoms with Gasteiger partial charge in [-0.3, -0.25) is 0 Å². The summed E-state index contributed by atoms with van der Waals surface area (Å²) in [5, 5.41) is 0. The van der Waals surface area contributed by atoms with Crippen LogP contribution in [0.2, 0.25) is 0 Å². The first kappa shape index (κ1) is 14.4. The predicted molar refractivity (Wildman–Crippen MR) is 77.8 cm³/mol. The fourth-order valence-electron chi connectivity index (χ4n) is 1.64. The van der Waals surface area contributed by atoms with Crippen molar-refractivity contribution in [2.75, 3.05) is 0 Å². The standard InChI is InChI=1S/C15H13F2NOS/c1-9-2-5-12(7-13(9)16)19-8-11-4-3-10(15(18)20)6-14(11)17/h2-7H,8H2,1H3,(H2,18,20). The Morgan fingerprint density at radius 2 is 1.90 bits per heavy atom. The maximum Gasteiger partial charge on any atom is 0.130 e. The van der Waals surface area contributed by atoms with E-state index in [2.05, 4.69) is 0 Å². The van der Waals surface area contributed by atoms with E-state index >= 15 is 0 Å². The minimum Gasteiger partial charge on any atom is -0.489 e. The van der Waals surface area contributed by atoms with Crippen molar-refractivity contribution in [3.8, 4) is 5.75 Å². The van der Waals surface area contributed by atoms with Crippen LogP contribution in [0.15, 0.2) is 36.4 Å². The molecule has 0 unspecified atom stereocenters. The number of ether oxygens (including phenoxy) is 1. The third-order valence-corrected chi connectivity index (χ3v) is 3.11. The molecule has 2 N–H and O–H groups in total. The molecule has 0 saturated carbocycles. The summed E-state index contributed by atoms with van der Waals surface area (Å²) in [6, 6.07) is 8.96. The number of halogens is 2. The minimum absolute atomic E-state index is 0.00590. The molecule has 0 saturated heterocycles. The van der Waals surface area contributed by atoms with Gasteiger partial charge in [0.05, 0.1) is 0 Å². The minimum atomic E-state index is -0.456. The van der Waals surface area contributed by atoms with Gasteiger partial charge in [-0.05, 0) is 24.6 Å². The molecule has 0 aliphatic carbocycles. The maximum atomic E-state index is 13.8. The fraction of sp³-hybridized carbons (Fsp3) is 0.133. The van der Waals surface area contributed by atoms with Gasteiger partial charge in [0.25, 0.3) is 0 Å². The summed E-state index contributed by atoms with van der Waals surface area (Å²) >= 11 is 4.77. The molecule has 20 heavy (non-hydrogen) atoms. The van der Waals surface area contributed by atoms with Crippen molar-refractivity contribution in [1.29, 1.82) is 0 Å². The molecule has 2 rings (SSSR count). The molecular weight excluding hydrogens is 280 g/mol. The van der Waals surface area contributed by atoms with Crippen molar-refractivity contribution in [3.05, 3.63) is 64.7 Å². The van der Waals surface area contributed by atoms with E-state index in [-0.39, 0.29) is 17.4 Å². The number of nitrogens with two attached hydrogens (primary N) is 1. The second-order valence-corrected chi connectivity index (χ2v) is 4.81. The lowest BCUT2D eigenvalue weighted by atomic mass is 10.1. The monoisotopic (exact) mass is 293 g/mol. The van der Waals surface area contributed by atoms with Gasteiger partial charge in [0.15, 0.2) is 0 Å². The van der Waals surface area contributed by atoms with Gasteiger partial charge in [0.2, 0.25) is 0 Å². The highest BCUT2D eigenvalue weighted by Gasteiger charge is 2.07. The Hall–Kier alpha value is -2.01. The summed E-state index contributed by atoms with van der Waals surface area (Å²) in [5.74, 6) is -0.458. The van der Waals surface area contributed by atoms with E-state index in [1.54, 1.807) is 31.2 Å². The van der Waals surface area contributed by atoms with Gasteiger partial charge in [-0.25, -0.2) is 8.78 Å². The number of hydrogen-bond acceptors (Lipinski definition) is 2. The molecule has 0 spiro atoms. The van der Waals surface area contributed by atoms with Crippen LogP contribution in [-0.2, 0) is 6.61 Å². The summed E-state index contributed by atoms with van der Waals surface area (Å²) in [5.41, 5.74) is 6.77. The maximum absolute atomic E-state index is 13.8. The zero-order valence-corrected chi connectivity index (χ0v) is 11.6. The van der Waals surface area contributed by atoms with Gasteiger partial charge in [0.1, 0.15) is 29.0 Å². The Labute approximate surface area is 121 Å². The van der Waals surface area contributed by atoms with Crippen molar-refractivity contribution >= 4 is 17.2 Å². The van der Waals surface area contributed by atoms with E-state index < -0.39 is 5.82 Å². The Morgan fingerprint density at radius 1 is 1.15 bits per heavy atom. The molecule has 0 aromatic heterocycles. The molecule has 0 heterocycles. The lowest BCUT2D eigenvalue weighted by molar-refractivity contribution is 0.298. The van der Waals surface area contributed by atoms with Crippen LogP contribution < -0.4 is 10.5 Å². The van der Waals surface area contributed by atoms with Crippen LogP contribution in [0.25, 0.3) is 0 Å². The topological polar surface area (TPSA) is 35.2 Å². The normalized spacial score (nSPS) is 10.3. The van der Waals surface area contributed by atoms with Crippen LogP contribution in [0, 0.1) is 18.6 Å². The zero-order chi connectivity index (χ0) is 14.7. The van der Waals surface area contributed by atoms with Crippen molar-refractivity contribution < 1.29 is 13.5 Å². The zero-order valence-electron chi connectivity index (χ0n) is 10.8. The first-order valence-corrected chi connectivity index (χ1v) is 6.35. The molecule has 0 radical (unpaired) electrons. The summed E-state index contributed by atoms with van der Waals surface area (Å²) in [6.45, 7) is 1.67. The predicted octanol–water partition coefficient (Wildman–Crippen LogP) is 3.49. The summed E-state index contributed by atoms with van der Waals surface area (Å²) in [4.78, 5) is 0.136. The van der Waals surface area contributed by atoms with Crippen LogP contribution in [-0.4, -0.2) is 4.99 Å².